The molecule has 1 aromatic heterocycles. The van der Waals surface area contributed by atoms with Crippen LogP contribution in [0, 0.1) is 0 Å². The predicted molar refractivity (Wildman–Crippen MR) is 83.5 cm³/mol. The molecule has 5 nitrogen and oxygen atoms in total. The van der Waals surface area contributed by atoms with Crippen molar-refractivity contribution in [1.82, 2.24) is 4.98 Å². The topological polar surface area (TPSA) is 60.5 Å². The van der Waals surface area contributed by atoms with Gasteiger partial charge in [-0.3, -0.25) is 4.79 Å². The van der Waals surface area contributed by atoms with Crippen LogP contribution in [0.25, 0.3) is 0 Å². The Kier molecular flexibility index (Phi) is 4.56. The molecule has 0 unspecified atom stereocenters. The minimum Gasteiger partial charge on any atom is -0.472 e. The lowest BCUT2D eigenvalue weighted by molar-refractivity contribution is 0.102. The van der Waals surface area contributed by atoms with Crippen molar-refractivity contribution in [2.24, 2.45) is 0 Å². The molecule has 114 valence electrons. The monoisotopic (exact) mass is 318 g/mol. The Morgan fingerprint density at radius 1 is 1.36 bits per heavy atom. The Balaban J connectivity index is 1.71. The van der Waals surface area contributed by atoms with Gasteiger partial charge in [0.25, 0.3) is 5.91 Å². The summed E-state index contributed by atoms with van der Waals surface area (Å²) in [6.07, 6.45) is 2.37. The first-order valence-corrected chi connectivity index (χ1v) is 7.36. The molecule has 1 aromatic carbocycles. The molecule has 0 saturated carbocycles. The van der Waals surface area contributed by atoms with Crippen LogP contribution in [0.15, 0.2) is 42.6 Å². The highest BCUT2D eigenvalue weighted by Crippen LogP contribution is 2.22. The van der Waals surface area contributed by atoms with E-state index in [2.05, 4.69) is 10.3 Å². The molecule has 1 amide bonds. The van der Waals surface area contributed by atoms with Gasteiger partial charge in [-0.1, -0.05) is 23.7 Å². The average Bonchev–Trinajstić information content (AvgIpc) is 3.03. The number of carbonyl (C=O) groups excluding carboxylic acids is 1. The number of nitrogens with one attached hydrogen (secondary N) is 1. The van der Waals surface area contributed by atoms with Gasteiger partial charge in [0.1, 0.15) is 6.10 Å². The Morgan fingerprint density at radius 3 is 3.00 bits per heavy atom. The van der Waals surface area contributed by atoms with Gasteiger partial charge in [-0.2, -0.15) is 0 Å². The lowest BCUT2D eigenvalue weighted by Gasteiger charge is -2.12. The first-order chi connectivity index (χ1) is 10.7. The molecule has 0 aliphatic carbocycles. The van der Waals surface area contributed by atoms with E-state index in [1.165, 1.54) is 0 Å². The van der Waals surface area contributed by atoms with E-state index in [0.29, 0.717) is 35.4 Å². The summed E-state index contributed by atoms with van der Waals surface area (Å²) >= 11 is 6.03. The minimum atomic E-state index is -0.261. The third-order valence-corrected chi connectivity index (χ3v) is 3.62. The standard InChI is InChI=1S/C16H15ClN2O3/c17-13-3-1-2-4-14(13)19-16(20)11-5-7-18-15(9-11)22-12-6-8-21-10-12/h1-5,7,9,12H,6,8,10H2,(H,19,20)/t12-/m1/s1. The number of para-hydroxylation sites is 1. The summed E-state index contributed by atoms with van der Waals surface area (Å²) in [7, 11) is 0. The lowest BCUT2D eigenvalue weighted by Crippen LogP contribution is -2.17. The molecule has 1 saturated heterocycles. The van der Waals surface area contributed by atoms with Crippen molar-refractivity contribution in [3.63, 3.8) is 0 Å². The number of rotatable bonds is 4. The van der Waals surface area contributed by atoms with Crippen LogP contribution in [-0.2, 0) is 4.74 Å². The molecule has 1 aliphatic heterocycles. The van der Waals surface area contributed by atoms with Gasteiger partial charge in [-0.15, -0.1) is 0 Å². The van der Waals surface area contributed by atoms with E-state index in [1.807, 2.05) is 6.07 Å². The van der Waals surface area contributed by atoms with E-state index in [0.717, 1.165) is 6.42 Å². The summed E-state index contributed by atoms with van der Waals surface area (Å²) in [6, 6.07) is 10.3. The van der Waals surface area contributed by atoms with Crippen molar-refractivity contribution in [2.75, 3.05) is 18.5 Å². The molecule has 1 fully saturated rings. The van der Waals surface area contributed by atoms with E-state index >= 15 is 0 Å². The van der Waals surface area contributed by atoms with Gasteiger partial charge in [0, 0.05) is 24.2 Å². The van der Waals surface area contributed by atoms with Crippen LogP contribution in [0.5, 0.6) is 5.88 Å². The summed E-state index contributed by atoms with van der Waals surface area (Å²) < 4.78 is 11.0. The third kappa shape index (κ3) is 3.55. The lowest BCUT2D eigenvalue weighted by atomic mass is 10.2. The number of ether oxygens (including phenoxy) is 2. The molecule has 0 spiro atoms. The van der Waals surface area contributed by atoms with Gasteiger partial charge in [-0.25, -0.2) is 4.98 Å². The largest absolute Gasteiger partial charge is 0.472 e. The zero-order valence-electron chi connectivity index (χ0n) is 11.8. The summed E-state index contributed by atoms with van der Waals surface area (Å²) in [4.78, 5) is 16.4. The van der Waals surface area contributed by atoms with Gasteiger partial charge < -0.3 is 14.8 Å². The molecule has 1 atom stereocenters. The molecule has 22 heavy (non-hydrogen) atoms. The number of hydrogen-bond acceptors (Lipinski definition) is 4. The van der Waals surface area contributed by atoms with E-state index in [1.54, 1.807) is 36.5 Å². The van der Waals surface area contributed by atoms with E-state index < -0.39 is 0 Å². The maximum Gasteiger partial charge on any atom is 0.255 e. The summed E-state index contributed by atoms with van der Waals surface area (Å²) in [5.74, 6) is 0.158. The van der Waals surface area contributed by atoms with Crippen molar-refractivity contribution < 1.29 is 14.3 Å². The van der Waals surface area contributed by atoms with Crippen molar-refractivity contribution in [1.29, 1.82) is 0 Å². The molecule has 6 heteroatoms. The smallest absolute Gasteiger partial charge is 0.255 e. The number of anilines is 1. The van der Waals surface area contributed by atoms with E-state index in [4.69, 9.17) is 21.1 Å². The fourth-order valence-electron chi connectivity index (χ4n) is 2.15. The van der Waals surface area contributed by atoms with Gasteiger partial charge in [0.05, 0.1) is 23.9 Å². The number of nitrogens with zero attached hydrogens (tertiary/aromatic N) is 1. The Hall–Kier alpha value is -2.11. The highest BCUT2D eigenvalue weighted by Gasteiger charge is 2.18. The van der Waals surface area contributed by atoms with Crippen LogP contribution < -0.4 is 10.1 Å². The first-order valence-electron chi connectivity index (χ1n) is 6.99. The molecule has 2 aromatic rings. The second-order valence-electron chi connectivity index (χ2n) is 4.92. The fraction of sp³-hybridized carbons (Fsp3) is 0.250. The molecule has 0 radical (unpaired) electrons. The minimum absolute atomic E-state index is 0.00520. The Morgan fingerprint density at radius 2 is 2.23 bits per heavy atom. The van der Waals surface area contributed by atoms with Gasteiger partial charge in [-0.05, 0) is 18.2 Å². The second kappa shape index (κ2) is 6.77. The maximum atomic E-state index is 12.3. The van der Waals surface area contributed by atoms with Crippen LogP contribution in [0.4, 0.5) is 5.69 Å². The van der Waals surface area contributed by atoms with Crippen molar-refractivity contribution in [3.05, 3.63) is 53.2 Å². The zero-order valence-corrected chi connectivity index (χ0v) is 12.5. The van der Waals surface area contributed by atoms with Crippen molar-refractivity contribution >= 4 is 23.2 Å². The quantitative estimate of drug-likeness (QED) is 0.940. The molecule has 2 heterocycles. The third-order valence-electron chi connectivity index (χ3n) is 3.29. The number of pyridine rings is 1. The summed E-state index contributed by atoms with van der Waals surface area (Å²) in [5, 5.41) is 3.26. The van der Waals surface area contributed by atoms with E-state index in [-0.39, 0.29) is 12.0 Å². The predicted octanol–water partition coefficient (Wildman–Crippen LogP) is 3.16. The molecule has 0 bridgehead atoms. The fourth-order valence-corrected chi connectivity index (χ4v) is 2.33. The van der Waals surface area contributed by atoms with Crippen LogP contribution >= 0.6 is 11.6 Å². The SMILES string of the molecule is O=C(Nc1ccccc1Cl)c1ccnc(O[C@@H]2CCOC2)c1. The number of benzene rings is 1. The van der Waals surface area contributed by atoms with Crippen LogP contribution in [-0.4, -0.2) is 30.2 Å². The summed E-state index contributed by atoms with van der Waals surface area (Å²) in [5.41, 5.74) is 1.03. The molecule has 1 N–H and O–H groups in total. The number of hydrogen-bond donors (Lipinski definition) is 1. The molecular formula is C16H15ClN2O3. The van der Waals surface area contributed by atoms with Crippen molar-refractivity contribution in [3.8, 4) is 5.88 Å². The Bertz CT molecular complexity index is 672. The van der Waals surface area contributed by atoms with Crippen LogP contribution in [0.2, 0.25) is 5.02 Å². The average molecular weight is 319 g/mol. The van der Waals surface area contributed by atoms with Crippen LogP contribution in [0.3, 0.4) is 0 Å². The molecule has 1 aliphatic rings. The highest BCUT2D eigenvalue weighted by atomic mass is 35.5. The van der Waals surface area contributed by atoms with Gasteiger partial charge in [0.15, 0.2) is 0 Å². The number of carbonyl (C=O) groups is 1. The van der Waals surface area contributed by atoms with E-state index in [9.17, 15) is 4.79 Å². The van der Waals surface area contributed by atoms with Crippen molar-refractivity contribution in [2.45, 2.75) is 12.5 Å². The normalized spacial score (nSPS) is 17.2. The summed E-state index contributed by atoms with van der Waals surface area (Å²) in [6.45, 7) is 1.25. The number of aromatic nitrogens is 1. The second-order valence-corrected chi connectivity index (χ2v) is 5.33. The number of amides is 1. The molecule has 3 rings (SSSR count). The number of halogens is 1. The van der Waals surface area contributed by atoms with Gasteiger partial charge in [0.2, 0.25) is 5.88 Å². The highest BCUT2D eigenvalue weighted by molar-refractivity contribution is 6.33. The maximum absolute atomic E-state index is 12.3. The zero-order chi connectivity index (χ0) is 15.4. The van der Waals surface area contributed by atoms with Crippen LogP contribution in [0.1, 0.15) is 16.8 Å². The molecular weight excluding hydrogens is 304 g/mol. The Labute approximate surface area is 133 Å². The first kappa shape index (κ1) is 14.8. The van der Waals surface area contributed by atoms with Gasteiger partial charge >= 0.3 is 0 Å².